The highest BCUT2D eigenvalue weighted by Gasteiger charge is 2.30. The summed E-state index contributed by atoms with van der Waals surface area (Å²) in [7, 11) is 3.47. The monoisotopic (exact) mass is 467 g/mol. The number of likely N-dealkylation sites (N-methyl/N-ethyl adjacent to an activating group) is 1. The van der Waals surface area contributed by atoms with Gasteiger partial charge in [-0.2, -0.15) is 0 Å². The fourth-order valence-electron chi connectivity index (χ4n) is 4.30. The van der Waals surface area contributed by atoms with Crippen molar-refractivity contribution in [3.05, 3.63) is 59.7 Å². The maximum atomic E-state index is 12.8. The van der Waals surface area contributed by atoms with E-state index in [1.54, 1.807) is 19.0 Å². The Morgan fingerprint density at radius 1 is 1.00 bits per heavy atom. The number of aliphatic carboxylic acids is 1. The fourth-order valence-corrected chi connectivity index (χ4v) is 4.30. The molecule has 0 aromatic heterocycles. The highest BCUT2D eigenvalue weighted by Crippen LogP contribution is 2.44. The van der Waals surface area contributed by atoms with Gasteiger partial charge in [0.05, 0.1) is 5.92 Å². The van der Waals surface area contributed by atoms with Gasteiger partial charge in [0.25, 0.3) is 0 Å². The number of carbonyl (C=O) groups is 3. The van der Waals surface area contributed by atoms with Gasteiger partial charge >= 0.3 is 12.1 Å². The first-order valence-corrected chi connectivity index (χ1v) is 11.5. The molecule has 8 nitrogen and oxygen atoms in total. The van der Waals surface area contributed by atoms with Crippen molar-refractivity contribution >= 4 is 18.0 Å². The number of carboxylic acids is 1. The molecule has 0 saturated carbocycles. The van der Waals surface area contributed by atoms with Gasteiger partial charge in [-0.3, -0.25) is 4.79 Å². The van der Waals surface area contributed by atoms with Crippen molar-refractivity contribution in [1.82, 2.24) is 15.5 Å². The van der Waals surface area contributed by atoms with Crippen molar-refractivity contribution in [3.8, 4) is 11.1 Å². The first-order valence-electron chi connectivity index (χ1n) is 11.5. The molecule has 0 spiro atoms. The van der Waals surface area contributed by atoms with Gasteiger partial charge in [-0.15, -0.1) is 0 Å². The third kappa shape index (κ3) is 5.94. The van der Waals surface area contributed by atoms with Crippen LogP contribution in [0, 0.1) is 11.8 Å². The van der Waals surface area contributed by atoms with E-state index in [1.807, 2.05) is 50.2 Å². The molecule has 0 heterocycles. The minimum Gasteiger partial charge on any atom is -0.480 e. The van der Waals surface area contributed by atoms with Crippen molar-refractivity contribution in [3.63, 3.8) is 0 Å². The summed E-state index contributed by atoms with van der Waals surface area (Å²) >= 11 is 0. The van der Waals surface area contributed by atoms with Crippen LogP contribution in [0.25, 0.3) is 11.1 Å². The van der Waals surface area contributed by atoms with Crippen LogP contribution in [0.15, 0.2) is 48.5 Å². The smallest absolute Gasteiger partial charge is 0.407 e. The number of carboxylic acid groups (broad SMARTS) is 1. The molecule has 0 radical (unpaired) electrons. The zero-order chi connectivity index (χ0) is 24.8. The summed E-state index contributed by atoms with van der Waals surface area (Å²) in [6.45, 7) is 4.11. The number of amides is 2. The van der Waals surface area contributed by atoms with E-state index in [-0.39, 0.29) is 31.5 Å². The lowest BCUT2D eigenvalue weighted by Gasteiger charge is -2.24. The minimum atomic E-state index is -1.10. The Morgan fingerprint density at radius 3 is 2.06 bits per heavy atom. The predicted molar refractivity (Wildman–Crippen MR) is 130 cm³/mol. The molecule has 2 unspecified atom stereocenters. The van der Waals surface area contributed by atoms with E-state index >= 15 is 0 Å². The maximum Gasteiger partial charge on any atom is 0.407 e. The normalized spacial score (nSPS) is 14.3. The molecule has 0 fully saturated rings. The molecule has 0 bridgehead atoms. The van der Waals surface area contributed by atoms with Crippen molar-refractivity contribution in [2.24, 2.45) is 11.8 Å². The number of benzene rings is 2. The van der Waals surface area contributed by atoms with Crippen LogP contribution >= 0.6 is 0 Å². The van der Waals surface area contributed by atoms with Gasteiger partial charge in [-0.25, -0.2) is 9.59 Å². The first-order chi connectivity index (χ1) is 16.2. The zero-order valence-electron chi connectivity index (χ0n) is 20.1. The van der Waals surface area contributed by atoms with Gasteiger partial charge in [0.15, 0.2) is 0 Å². The average Bonchev–Trinajstić information content (AvgIpc) is 3.10. The standard InChI is InChI=1S/C26H33N3O5/c1-16(2)21(24(30)28-23(25(31)32)14-29(3)4)13-27-26(33)34-15-22-19-11-7-5-9-17(19)18-10-6-8-12-20(18)22/h5-12,16,21-23H,13-15H2,1-4H3,(H,27,33)(H,28,30)(H,31,32). The van der Waals surface area contributed by atoms with Gasteiger partial charge in [-0.05, 0) is 42.3 Å². The number of carbonyl (C=O) groups excluding carboxylic acids is 2. The van der Waals surface area contributed by atoms with Crippen LogP contribution in [-0.2, 0) is 14.3 Å². The number of nitrogens with one attached hydrogen (secondary N) is 2. The molecule has 182 valence electrons. The average molecular weight is 468 g/mol. The third-order valence-corrected chi connectivity index (χ3v) is 6.11. The Bertz CT molecular complexity index is 991. The minimum absolute atomic E-state index is 0.0501. The van der Waals surface area contributed by atoms with Gasteiger partial charge < -0.3 is 25.4 Å². The highest BCUT2D eigenvalue weighted by molar-refractivity contribution is 5.85. The Balaban J connectivity index is 1.58. The number of hydrogen-bond donors (Lipinski definition) is 3. The van der Waals surface area contributed by atoms with Crippen LogP contribution < -0.4 is 10.6 Å². The summed E-state index contributed by atoms with van der Waals surface area (Å²) in [6, 6.07) is 15.2. The summed E-state index contributed by atoms with van der Waals surface area (Å²) < 4.78 is 5.54. The number of alkyl carbamates (subject to hydrolysis) is 1. The van der Waals surface area contributed by atoms with Crippen LogP contribution in [0.2, 0.25) is 0 Å². The lowest BCUT2D eigenvalue weighted by molar-refractivity contribution is -0.143. The molecule has 0 aliphatic heterocycles. The first kappa shape index (κ1) is 25.2. The third-order valence-electron chi connectivity index (χ3n) is 6.11. The van der Waals surface area contributed by atoms with E-state index in [1.165, 1.54) is 0 Å². The zero-order valence-corrected chi connectivity index (χ0v) is 20.1. The Labute approximate surface area is 200 Å². The van der Waals surface area contributed by atoms with E-state index in [9.17, 15) is 19.5 Å². The molecule has 3 rings (SSSR count). The molecule has 0 saturated heterocycles. The number of ether oxygens (including phenoxy) is 1. The Kier molecular flexibility index (Phi) is 8.28. The second kappa shape index (κ2) is 11.2. The lowest BCUT2D eigenvalue weighted by Crippen LogP contribution is -2.51. The summed E-state index contributed by atoms with van der Waals surface area (Å²) in [5.41, 5.74) is 4.54. The fraction of sp³-hybridized carbons (Fsp3) is 0.423. The lowest BCUT2D eigenvalue weighted by atomic mass is 9.94. The van der Waals surface area contributed by atoms with Crippen molar-refractivity contribution in [1.29, 1.82) is 0 Å². The van der Waals surface area contributed by atoms with Crippen LogP contribution in [0.4, 0.5) is 4.79 Å². The molecular weight excluding hydrogens is 434 g/mol. The van der Waals surface area contributed by atoms with Crippen LogP contribution in [0.3, 0.4) is 0 Å². The largest absolute Gasteiger partial charge is 0.480 e. The Hall–Kier alpha value is -3.39. The highest BCUT2D eigenvalue weighted by atomic mass is 16.5. The molecular formula is C26H33N3O5. The van der Waals surface area contributed by atoms with Crippen molar-refractivity contribution in [2.45, 2.75) is 25.8 Å². The molecule has 2 atom stereocenters. The summed E-state index contributed by atoms with van der Waals surface area (Å²) in [5, 5.41) is 14.7. The van der Waals surface area contributed by atoms with Crippen LogP contribution in [-0.4, -0.2) is 67.8 Å². The SMILES string of the molecule is CC(C)C(CNC(=O)OCC1c2ccccc2-c2ccccc21)C(=O)NC(CN(C)C)C(=O)O. The number of rotatable bonds is 10. The molecule has 3 N–H and O–H groups in total. The maximum absolute atomic E-state index is 12.8. The molecule has 2 amide bonds. The molecule has 2 aromatic carbocycles. The number of fused-ring (bicyclic) bond motifs is 3. The van der Waals surface area contributed by atoms with Crippen LogP contribution in [0.1, 0.15) is 30.9 Å². The second-order valence-corrected chi connectivity index (χ2v) is 9.22. The van der Waals surface area contributed by atoms with E-state index in [2.05, 4.69) is 22.8 Å². The van der Waals surface area contributed by atoms with E-state index in [0.29, 0.717) is 0 Å². The van der Waals surface area contributed by atoms with Gasteiger partial charge in [0.2, 0.25) is 5.91 Å². The summed E-state index contributed by atoms with van der Waals surface area (Å²) in [6.07, 6.45) is -0.608. The van der Waals surface area contributed by atoms with Gasteiger partial charge in [-0.1, -0.05) is 62.4 Å². The van der Waals surface area contributed by atoms with Gasteiger partial charge in [0, 0.05) is 19.0 Å². The number of nitrogens with zero attached hydrogens (tertiary/aromatic N) is 1. The van der Waals surface area contributed by atoms with Gasteiger partial charge in [0.1, 0.15) is 12.6 Å². The number of hydrogen-bond acceptors (Lipinski definition) is 5. The van der Waals surface area contributed by atoms with Crippen molar-refractivity contribution < 1.29 is 24.2 Å². The van der Waals surface area contributed by atoms with E-state index in [0.717, 1.165) is 22.3 Å². The van der Waals surface area contributed by atoms with Crippen LogP contribution in [0.5, 0.6) is 0 Å². The molecule has 2 aromatic rings. The quantitative estimate of drug-likeness (QED) is 0.496. The second-order valence-electron chi connectivity index (χ2n) is 9.22. The molecule has 8 heteroatoms. The molecule has 1 aliphatic carbocycles. The summed E-state index contributed by atoms with van der Waals surface area (Å²) in [5.74, 6) is -2.27. The van der Waals surface area contributed by atoms with Crippen molar-refractivity contribution in [2.75, 3.05) is 33.8 Å². The molecule has 34 heavy (non-hydrogen) atoms. The molecule has 1 aliphatic rings. The van der Waals surface area contributed by atoms with E-state index in [4.69, 9.17) is 4.74 Å². The Morgan fingerprint density at radius 2 is 1.56 bits per heavy atom. The predicted octanol–water partition coefficient (Wildman–Crippen LogP) is 2.93. The van der Waals surface area contributed by atoms with E-state index < -0.39 is 29.9 Å². The summed E-state index contributed by atoms with van der Waals surface area (Å²) in [4.78, 5) is 38.4. The topological polar surface area (TPSA) is 108 Å².